The standard InChI is InChI=1S/C16H15ClFNO3/c17-12-4-3-9(6-13(12)18)14(20)8-19-16(21)11-7-10(11)15-2-1-5-22-15/h1-6,10-11,14,20H,7-8H2,(H,19,21). The average molecular weight is 324 g/mol. The molecule has 6 heteroatoms. The molecule has 0 spiro atoms. The third-order valence-electron chi connectivity index (χ3n) is 3.83. The molecule has 3 unspecified atom stereocenters. The maximum atomic E-state index is 13.3. The minimum atomic E-state index is -0.975. The zero-order valence-corrected chi connectivity index (χ0v) is 12.4. The second kappa shape index (κ2) is 6.10. The zero-order valence-electron chi connectivity index (χ0n) is 11.6. The zero-order chi connectivity index (χ0) is 15.7. The summed E-state index contributed by atoms with van der Waals surface area (Å²) in [4.78, 5) is 12.0. The van der Waals surface area contributed by atoms with Crippen LogP contribution >= 0.6 is 11.6 Å². The Morgan fingerprint density at radius 3 is 3.00 bits per heavy atom. The molecule has 22 heavy (non-hydrogen) atoms. The molecule has 0 bridgehead atoms. The number of rotatable bonds is 5. The maximum absolute atomic E-state index is 13.3. The molecule has 0 radical (unpaired) electrons. The lowest BCUT2D eigenvalue weighted by Crippen LogP contribution is -2.30. The van der Waals surface area contributed by atoms with Crippen LogP contribution in [0.5, 0.6) is 0 Å². The number of hydrogen-bond acceptors (Lipinski definition) is 3. The van der Waals surface area contributed by atoms with E-state index in [4.69, 9.17) is 16.0 Å². The molecule has 0 saturated heterocycles. The van der Waals surface area contributed by atoms with Crippen molar-refractivity contribution in [2.24, 2.45) is 5.92 Å². The fraction of sp³-hybridized carbons (Fsp3) is 0.312. The first-order valence-electron chi connectivity index (χ1n) is 7.00. The van der Waals surface area contributed by atoms with E-state index in [-0.39, 0.29) is 29.3 Å². The van der Waals surface area contributed by atoms with Gasteiger partial charge in [-0.1, -0.05) is 17.7 Å². The molecule has 3 atom stereocenters. The summed E-state index contributed by atoms with van der Waals surface area (Å²) in [5.74, 6) is 0.0698. The molecule has 1 aromatic carbocycles. The largest absolute Gasteiger partial charge is 0.469 e. The van der Waals surface area contributed by atoms with Crippen molar-refractivity contribution in [3.8, 4) is 0 Å². The van der Waals surface area contributed by atoms with Gasteiger partial charge in [-0.05, 0) is 36.2 Å². The Labute approximate surface area is 131 Å². The molecule has 1 fully saturated rings. The number of carbonyl (C=O) groups is 1. The highest BCUT2D eigenvalue weighted by Crippen LogP contribution is 2.47. The first-order chi connectivity index (χ1) is 10.6. The molecule has 2 aromatic rings. The number of halogens is 2. The predicted molar refractivity (Wildman–Crippen MR) is 78.9 cm³/mol. The monoisotopic (exact) mass is 323 g/mol. The van der Waals surface area contributed by atoms with Crippen molar-refractivity contribution in [3.63, 3.8) is 0 Å². The van der Waals surface area contributed by atoms with Gasteiger partial charge in [0.15, 0.2) is 0 Å². The van der Waals surface area contributed by atoms with Crippen LogP contribution in [0.3, 0.4) is 0 Å². The number of amides is 1. The lowest BCUT2D eigenvalue weighted by Gasteiger charge is -2.12. The van der Waals surface area contributed by atoms with E-state index in [9.17, 15) is 14.3 Å². The minimum absolute atomic E-state index is 0.000689. The van der Waals surface area contributed by atoms with Gasteiger partial charge in [0, 0.05) is 18.4 Å². The number of nitrogens with one attached hydrogen (secondary N) is 1. The smallest absolute Gasteiger partial charge is 0.223 e. The van der Waals surface area contributed by atoms with Gasteiger partial charge < -0.3 is 14.8 Å². The fourth-order valence-electron chi connectivity index (χ4n) is 2.47. The van der Waals surface area contributed by atoms with Crippen molar-refractivity contribution in [1.29, 1.82) is 0 Å². The van der Waals surface area contributed by atoms with E-state index in [0.717, 1.165) is 12.2 Å². The molecule has 1 aromatic heterocycles. The van der Waals surface area contributed by atoms with E-state index in [2.05, 4.69) is 5.32 Å². The predicted octanol–water partition coefficient (Wildman–Crippen LogP) is 3.03. The first kappa shape index (κ1) is 15.1. The number of aliphatic hydroxyl groups is 1. The second-order valence-corrected chi connectivity index (χ2v) is 5.81. The van der Waals surface area contributed by atoms with Crippen LogP contribution in [-0.4, -0.2) is 17.6 Å². The van der Waals surface area contributed by atoms with Gasteiger partial charge in [-0.25, -0.2) is 4.39 Å². The van der Waals surface area contributed by atoms with Crippen LogP contribution in [-0.2, 0) is 4.79 Å². The molecule has 3 rings (SSSR count). The van der Waals surface area contributed by atoms with Gasteiger partial charge in [0.25, 0.3) is 0 Å². The van der Waals surface area contributed by atoms with E-state index in [1.54, 1.807) is 12.3 Å². The van der Waals surface area contributed by atoms with E-state index in [1.807, 2.05) is 6.07 Å². The molecule has 1 aliphatic carbocycles. The summed E-state index contributed by atoms with van der Waals surface area (Å²) in [7, 11) is 0. The normalized spacial score (nSPS) is 21.4. The van der Waals surface area contributed by atoms with Crippen molar-refractivity contribution in [2.75, 3.05) is 6.54 Å². The molecule has 1 aliphatic rings. The van der Waals surface area contributed by atoms with Crippen LogP contribution in [0.4, 0.5) is 4.39 Å². The number of benzene rings is 1. The van der Waals surface area contributed by atoms with E-state index >= 15 is 0 Å². The van der Waals surface area contributed by atoms with Crippen LogP contribution in [0.15, 0.2) is 41.0 Å². The SMILES string of the molecule is O=C(NCC(O)c1ccc(Cl)c(F)c1)C1CC1c1ccco1. The topological polar surface area (TPSA) is 62.5 Å². The fourth-order valence-corrected chi connectivity index (χ4v) is 2.58. The summed E-state index contributed by atoms with van der Waals surface area (Å²) in [5.41, 5.74) is 0.376. The van der Waals surface area contributed by atoms with Gasteiger partial charge >= 0.3 is 0 Å². The van der Waals surface area contributed by atoms with Crippen LogP contribution in [0.25, 0.3) is 0 Å². The van der Waals surface area contributed by atoms with Gasteiger partial charge in [0.1, 0.15) is 11.6 Å². The highest BCUT2D eigenvalue weighted by atomic mass is 35.5. The first-order valence-corrected chi connectivity index (χ1v) is 7.38. The van der Waals surface area contributed by atoms with E-state index < -0.39 is 11.9 Å². The molecule has 4 nitrogen and oxygen atoms in total. The van der Waals surface area contributed by atoms with Crippen LogP contribution in [0, 0.1) is 11.7 Å². The molecule has 0 aliphatic heterocycles. The molecule has 1 amide bonds. The molecular weight excluding hydrogens is 309 g/mol. The lowest BCUT2D eigenvalue weighted by molar-refractivity contribution is -0.122. The maximum Gasteiger partial charge on any atom is 0.223 e. The van der Waals surface area contributed by atoms with Gasteiger partial charge in [-0.3, -0.25) is 4.79 Å². The Morgan fingerprint density at radius 1 is 1.50 bits per heavy atom. The Hall–Kier alpha value is -1.85. The summed E-state index contributed by atoms with van der Waals surface area (Å²) in [6, 6.07) is 7.72. The highest BCUT2D eigenvalue weighted by Gasteiger charge is 2.45. The Bertz CT molecular complexity index is 674. The quantitative estimate of drug-likeness (QED) is 0.889. The van der Waals surface area contributed by atoms with Gasteiger partial charge in [0.2, 0.25) is 5.91 Å². The number of carbonyl (C=O) groups excluding carboxylic acids is 1. The van der Waals surface area contributed by atoms with Crippen LogP contribution in [0.2, 0.25) is 5.02 Å². The molecule has 1 saturated carbocycles. The highest BCUT2D eigenvalue weighted by molar-refractivity contribution is 6.30. The third kappa shape index (κ3) is 3.15. The summed E-state index contributed by atoms with van der Waals surface area (Å²) < 4.78 is 18.6. The van der Waals surface area contributed by atoms with Crippen LogP contribution < -0.4 is 5.32 Å². The minimum Gasteiger partial charge on any atom is -0.469 e. The Kier molecular flexibility index (Phi) is 4.18. The summed E-state index contributed by atoms with van der Waals surface area (Å²) >= 11 is 5.59. The van der Waals surface area contributed by atoms with Gasteiger partial charge in [-0.15, -0.1) is 0 Å². The number of hydrogen-bond donors (Lipinski definition) is 2. The Balaban J connectivity index is 1.52. The summed E-state index contributed by atoms with van der Waals surface area (Å²) in [6.45, 7) is 0.0290. The summed E-state index contributed by atoms with van der Waals surface area (Å²) in [6.07, 6.45) is 1.35. The lowest BCUT2D eigenvalue weighted by atomic mass is 10.1. The van der Waals surface area contributed by atoms with Crippen molar-refractivity contribution >= 4 is 17.5 Å². The van der Waals surface area contributed by atoms with Crippen molar-refractivity contribution in [3.05, 3.63) is 58.8 Å². The van der Waals surface area contributed by atoms with E-state index in [1.165, 1.54) is 18.2 Å². The second-order valence-electron chi connectivity index (χ2n) is 5.40. The molecular formula is C16H15ClFNO3. The van der Waals surface area contributed by atoms with Crippen molar-refractivity contribution < 1.29 is 18.7 Å². The Morgan fingerprint density at radius 2 is 2.32 bits per heavy atom. The molecule has 116 valence electrons. The van der Waals surface area contributed by atoms with E-state index in [0.29, 0.717) is 5.56 Å². The average Bonchev–Trinajstić information content (AvgIpc) is 3.13. The number of furan rings is 1. The van der Waals surface area contributed by atoms with Crippen molar-refractivity contribution in [1.82, 2.24) is 5.32 Å². The van der Waals surface area contributed by atoms with Crippen LogP contribution in [0.1, 0.15) is 29.8 Å². The van der Waals surface area contributed by atoms with Gasteiger partial charge in [-0.2, -0.15) is 0 Å². The summed E-state index contributed by atoms with van der Waals surface area (Å²) in [5, 5.41) is 12.7. The number of aliphatic hydroxyl groups excluding tert-OH is 1. The molecule has 1 heterocycles. The van der Waals surface area contributed by atoms with Gasteiger partial charge in [0.05, 0.1) is 17.4 Å². The third-order valence-corrected chi connectivity index (χ3v) is 4.14. The van der Waals surface area contributed by atoms with Crippen molar-refractivity contribution in [2.45, 2.75) is 18.4 Å². The molecule has 2 N–H and O–H groups in total.